The highest BCUT2D eigenvalue weighted by Gasteiger charge is 2.07. The van der Waals surface area contributed by atoms with Crippen LogP contribution in [0.5, 0.6) is 0 Å². The number of aryl methyl sites for hydroxylation is 1. The first-order valence-electron chi connectivity index (χ1n) is 6.77. The molecular formula is C16H18N4. The third-order valence-electron chi connectivity index (χ3n) is 3.49. The Morgan fingerprint density at radius 2 is 1.85 bits per heavy atom. The lowest BCUT2D eigenvalue weighted by atomic mass is 10.1. The molecule has 4 nitrogen and oxygen atoms in total. The Hall–Kier alpha value is -2.20. The van der Waals surface area contributed by atoms with E-state index in [4.69, 9.17) is 0 Å². The minimum absolute atomic E-state index is 0.839. The highest BCUT2D eigenvalue weighted by molar-refractivity contribution is 5.74. The molecule has 0 amide bonds. The van der Waals surface area contributed by atoms with Crippen molar-refractivity contribution in [3.05, 3.63) is 59.7 Å². The van der Waals surface area contributed by atoms with Crippen molar-refractivity contribution >= 4 is 11.0 Å². The van der Waals surface area contributed by atoms with Crippen molar-refractivity contribution in [1.29, 1.82) is 0 Å². The maximum absolute atomic E-state index is 4.55. The van der Waals surface area contributed by atoms with Gasteiger partial charge < -0.3 is 9.88 Å². The molecule has 0 spiro atoms. The first kappa shape index (κ1) is 12.8. The van der Waals surface area contributed by atoms with Gasteiger partial charge in [0.25, 0.3) is 0 Å². The second-order valence-corrected chi connectivity index (χ2v) is 4.96. The number of nitrogens with one attached hydrogen (secondary N) is 1. The van der Waals surface area contributed by atoms with Crippen LogP contribution in [0.2, 0.25) is 0 Å². The maximum atomic E-state index is 4.55. The first-order chi connectivity index (χ1) is 9.78. The third kappa shape index (κ3) is 2.42. The number of hydrogen-bond donors (Lipinski definition) is 1. The van der Waals surface area contributed by atoms with Gasteiger partial charge in [0.1, 0.15) is 11.3 Å². The van der Waals surface area contributed by atoms with Crippen LogP contribution in [-0.4, -0.2) is 21.6 Å². The van der Waals surface area contributed by atoms with Crippen molar-refractivity contribution in [2.75, 3.05) is 7.05 Å². The highest BCUT2D eigenvalue weighted by atomic mass is 15.1. The van der Waals surface area contributed by atoms with Gasteiger partial charge in [0.05, 0.1) is 11.7 Å². The molecule has 0 aliphatic heterocycles. The highest BCUT2D eigenvalue weighted by Crippen LogP contribution is 2.16. The summed E-state index contributed by atoms with van der Waals surface area (Å²) in [6.07, 6.45) is 3.63. The van der Waals surface area contributed by atoms with Crippen molar-refractivity contribution in [3.63, 3.8) is 0 Å². The topological polar surface area (TPSA) is 42.7 Å². The molecule has 3 rings (SSSR count). The summed E-state index contributed by atoms with van der Waals surface area (Å²) in [5, 5.41) is 3.16. The maximum Gasteiger partial charge on any atom is 0.107 e. The summed E-state index contributed by atoms with van der Waals surface area (Å²) in [6, 6.07) is 10.7. The molecule has 0 radical (unpaired) electrons. The molecule has 0 fully saturated rings. The van der Waals surface area contributed by atoms with E-state index >= 15 is 0 Å². The quantitative estimate of drug-likeness (QED) is 0.789. The van der Waals surface area contributed by atoms with Crippen molar-refractivity contribution in [1.82, 2.24) is 19.9 Å². The Labute approximate surface area is 118 Å². The van der Waals surface area contributed by atoms with E-state index in [-0.39, 0.29) is 0 Å². The van der Waals surface area contributed by atoms with Crippen LogP contribution in [0.1, 0.15) is 17.0 Å². The standard InChI is InChI=1S/C16H18N4/c1-12-19-15-10-18-8-7-16(15)20(12)11-14-5-3-13(4-6-14)9-17-2/h3-8,10,17H,9,11H2,1-2H3. The molecule has 0 aliphatic rings. The molecule has 0 saturated heterocycles. The van der Waals surface area contributed by atoms with Gasteiger partial charge in [-0.05, 0) is 31.2 Å². The minimum Gasteiger partial charge on any atom is -0.324 e. The van der Waals surface area contributed by atoms with Crippen LogP contribution in [0, 0.1) is 6.92 Å². The van der Waals surface area contributed by atoms with Gasteiger partial charge in [0, 0.05) is 19.3 Å². The van der Waals surface area contributed by atoms with Crippen LogP contribution in [0.25, 0.3) is 11.0 Å². The van der Waals surface area contributed by atoms with E-state index in [0.29, 0.717) is 0 Å². The molecule has 4 heteroatoms. The SMILES string of the molecule is CNCc1ccc(Cn2c(C)nc3cnccc32)cc1. The molecule has 1 N–H and O–H groups in total. The number of pyridine rings is 1. The molecule has 2 aromatic heterocycles. The Morgan fingerprint density at radius 3 is 2.60 bits per heavy atom. The lowest BCUT2D eigenvalue weighted by Gasteiger charge is -2.08. The van der Waals surface area contributed by atoms with Gasteiger partial charge in [0.2, 0.25) is 0 Å². The largest absolute Gasteiger partial charge is 0.324 e. The van der Waals surface area contributed by atoms with E-state index in [2.05, 4.69) is 44.1 Å². The molecule has 0 aliphatic carbocycles. The fourth-order valence-corrected chi connectivity index (χ4v) is 2.45. The average molecular weight is 266 g/mol. The zero-order valence-corrected chi connectivity index (χ0v) is 11.8. The second-order valence-electron chi connectivity index (χ2n) is 4.96. The summed E-state index contributed by atoms with van der Waals surface area (Å²) in [4.78, 5) is 8.67. The van der Waals surface area contributed by atoms with Crippen molar-refractivity contribution in [3.8, 4) is 0 Å². The van der Waals surface area contributed by atoms with Crippen LogP contribution < -0.4 is 5.32 Å². The van der Waals surface area contributed by atoms with Crippen LogP contribution in [0.3, 0.4) is 0 Å². The van der Waals surface area contributed by atoms with E-state index in [9.17, 15) is 0 Å². The molecule has 20 heavy (non-hydrogen) atoms. The molecule has 1 aromatic carbocycles. The predicted octanol–water partition coefficient (Wildman–Crippen LogP) is 2.51. The molecule has 0 saturated carbocycles. The summed E-state index contributed by atoms with van der Waals surface area (Å²) in [5.74, 6) is 1.02. The number of fused-ring (bicyclic) bond motifs is 1. The van der Waals surface area contributed by atoms with E-state index in [0.717, 1.165) is 29.9 Å². The van der Waals surface area contributed by atoms with Crippen molar-refractivity contribution < 1.29 is 0 Å². The lowest BCUT2D eigenvalue weighted by molar-refractivity contribution is 0.782. The van der Waals surface area contributed by atoms with Crippen LogP contribution in [-0.2, 0) is 13.1 Å². The predicted molar refractivity (Wildman–Crippen MR) is 80.6 cm³/mol. The van der Waals surface area contributed by atoms with E-state index in [1.807, 2.05) is 32.4 Å². The Bertz CT molecular complexity index is 713. The Morgan fingerprint density at radius 1 is 1.10 bits per heavy atom. The van der Waals surface area contributed by atoms with Gasteiger partial charge in [-0.25, -0.2) is 4.98 Å². The monoisotopic (exact) mass is 266 g/mol. The van der Waals surface area contributed by atoms with Crippen molar-refractivity contribution in [2.45, 2.75) is 20.0 Å². The number of rotatable bonds is 4. The molecule has 3 aromatic rings. The minimum atomic E-state index is 0.839. The van der Waals surface area contributed by atoms with E-state index < -0.39 is 0 Å². The summed E-state index contributed by atoms with van der Waals surface area (Å²) in [5.41, 5.74) is 4.67. The normalized spacial score (nSPS) is 11.1. The van der Waals surface area contributed by atoms with Crippen LogP contribution >= 0.6 is 0 Å². The van der Waals surface area contributed by atoms with Gasteiger partial charge in [-0.3, -0.25) is 4.98 Å². The van der Waals surface area contributed by atoms with Gasteiger partial charge >= 0.3 is 0 Å². The first-order valence-corrected chi connectivity index (χ1v) is 6.77. The molecule has 102 valence electrons. The van der Waals surface area contributed by atoms with Gasteiger partial charge in [-0.1, -0.05) is 24.3 Å². The number of benzene rings is 1. The average Bonchev–Trinajstić information content (AvgIpc) is 2.78. The molecule has 0 atom stereocenters. The number of aromatic nitrogens is 3. The Kier molecular flexibility index (Phi) is 3.48. The fourth-order valence-electron chi connectivity index (χ4n) is 2.45. The number of nitrogens with zero attached hydrogens (tertiary/aromatic N) is 3. The molecule has 0 bridgehead atoms. The summed E-state index contributed by atoms with van der Waals surface area (Å²) in [6.45, 7) is 3.78. The van der Waals surface area contributed by atoms with Crippen LogP contribution in [0.15, 0.2) is 42.7 Å². The van der Waals surface area contributed by atoms with E-state index in [1.165, 1.54) is 11.1 Å². The lowest BCUT2D eigenvalue weighted by Crippen LogP contribution is -2.05. The second kappa shape index (κ2) is 5.43. The molecular weight excluding hydrogens is 248 g/mol. The molecule has 2 heterocycles. The van der Waals surface area contributed by atoms with Gasteiger partial charge in [0.15, 0.2) is 0 Å². The smallest absolute Gasteiger partial charge is 0.107 e. The van der Waals surface area contributed by atoms with Gasteiger partial charge in [-0.15, -0.1) is 0 Å². The third-order valence-corrected chi connectivity index (χ3v) is 3.49. The van der Waals surface area contributed by atoms with E-state index in [1.54, 1.807) is 0 Å². The zero-order chi connectivity index (χ0) is 13.9. The summed E-state index contributed by atoms with van der Waals surface area (Å²) in [7, 11) is 1.96. The zero-order valence-electron chi connectivity index (χ0n) is 11.8. The molecule has 0 unspecified atom stereocenters. The summed E-state index contributed by atoms with van der Waals surface area (Å²) < 4.78 is 2.23. The Balaban J connectivity index is 1.91. The number of hydrogen-bond acceptors (Lipinski definition) is 3. The summed E-state index contributed by atoms with van der Waals surface area (Å²) >= 11 is 0. The van der Waals surface area contributed by atoms with Gasteiger partial charge in [-0.2, -0.15) is 0 Å². The number of imidazole rings is 1. The van der Waals surface area contributed by atoms with Crippen LogP contribution in [0.4, 0.5) is 0 Å². The fraction of sp³-hybridized carbons (Fsp3) is 0.250. The van der Waals surface area contributed by atoms with Crippen molar-refractivity contribution in [2.24, 2.45) is 0 Å².